The van der Waals surface area contributed by atoms with Gasteiger partial charge in [-0.15, -0.1) is 0 Å². The van der Waals surface area contributed by atoms with E-state index in [1.807, 2.05) is 56.1 Å². The van der Waals surface area contributed by atoms with Gasteiger partial charge in [0, 0.05) is 13.1 Å². The van der Waals surface area contributed by atoms with E-state index in [-0.39, 0.29) is 30.9 Å². The molecule has 116 valence electrons. The van der Waals surface area contributed by atoms with E-state index in [1.165, 1.54) is 0 Å². The standard InChI is InChI=1S/C16H24N2O3/c1-4-17-15(19)11-18(3)10-13(2)16(20)21-12-14-8-6-5-7-9-14/h5-9,13H,4,10-12H2,1-3H3,(H,17,19). The minimum absolute atomic E-state index is 0.0372. The van der Waals surface area contributed by atoms with Crippen molar-refractivity contribution in [2.45, 2.75) is 20.5 Å². The zero-order valence-corrected chi connectivity index (χ0v) is 13.0. The molecule has 5 nitrogen and oxygen atoms in total. The Balaban J connectivity index is 2.32. The van der Waals surface area contributed by atoms with Crippen LogP contribution in [0.2, 0.25) is 0 Å². The molecule has 0 heterocycles. The van der Waals surface area contributed by atoms with Crippen molar-refractivity contribution in [3.63, 3.8) is 0 Å². The highest BCUT2D eigenvalue weighted by atomic mass is 16.5. The second-order valence-electron chi connectivity index (χ2n) is 5.14. The first-order chi connectivity index (χ1) is 10.0. The molecule has 0 saturated heterocycles. The van der Waals surface area contributed by atoms with Crippen LogP contribution in [0.4, 0.5) is 0 Å². The highest BCUT2D eigenvalue weighted by molar-refractivity contribution is 5.78. The lowest BCUT2D eigenvalue weighted by molar-refractivity contribution is -0.150. The zero-order chi connectivity index (χ0) is 15.7. The number of likely N-dealkylation sites (N-methyl/N-ethyl adjacent to an activating group) is 2. The molecule has 0 aromatic heterocycles. The zero-order valence-electron chi connectivity index (χ0n) is 13.0. The van der Waals surface area contributed by atoms with Crippen LogP contribution in [0.1, 0.15) is 19.4 Å². The van der Waals surface area contributed by atoms with Gasteiger partial charge < -0.3 is 10.1 Å². The Kier molecular flexibility index (Phi) is 7.46. The molecular formula is C16H24N2O3. The summed E-state index contributed by atoms with van der Waals surface area (Å²) < 4.78 is 5.28. The maximum absolute atomic E-state index is 11.9. The van der Waals surface area contributed by atoms with Crippen LogP contribution < -0.4 is 5.32 Å². The average Bonchev–Trinajstić information content (AvgIpc) is 2.45. The van der Waals surface area contributed by atoms with Crippen molar-refractivity contribution >= 4 is 11.9 Å². The van der Waals surface area contributed by atoms with Crippen LogP contribution in [0, 0.1) is 5.92 Å². The summed E-state index contributed by atoms with van der Waals surface area (Å²) >= 11 is 0. The molecule has 21 heavy (non-hydrogen) atoms. The summed E-state index contributed by atoms with van der Waals surface area (Å²) in [6.45, 7) is 5.35. The van der Waals surface area contributed by atoms with Gasteiger partial charge in [-0.2, -0.15) is 0 Å². The fraction of sp³-hybridized carbons (Fsp3) is 0.500. The van der Waals surface area contributed by atoms with Gasteiger partial charge in [0.05, 0.1) is 12.5 Å². The summed E-state index contributed by atoms with van der Waals surface area (Å²) in [6.07, 6.45) is 0. The van der Waals surface area contributed by atoms with Crippen molar-refractivity contribution in [3.05, 3.63) is 35.9 Å². The van der Waals surface area contributed by atoms with E-state index in [1.54, 1.807) is 0 Å². The van der Waals surface area contributed by atoms with Crippen LogP contribution in [0.15, 0.2) is 30.3 Å². The Hall–Kier alpha value is -1.88. The lowest BCUT2D eigenvalue weighted by Gasteiger charge is -2.19. The molecule has 0 fully saturated rings. The molecule has 0 aliphatic heterocycles. The van der Waals surface area contributed by atoms with Gasteiger partial charge in [0.2, 0.25) is 5.91 Å². The quantitative estimate of drug-likeness (QED) is 0.737. The van der Waals surface area contributed by atoms with E-state index in [9.17, 15) is 9.59 Å². The number of carbonyl (C=O) groups excluding carboxylic acids is 2. The molecular weight excluding hydrogens is 268 g/mol. The topological polar surface area (TPSA) is 58.6 Å². The SMILES string of the molecule is CCNC(=O)CN(C)CC(C)C(=O)OCc1ccccc1. The highest BCUT2D eigenvalue weighted by Gasteiger charge is 2.17. The molecule has 0 bridgehead atoms. The van der Waals surface area contributed by atoms with Gasteiger partial charge in [0.25, 0.3) is 0 Å². The molecule has 0 spiro atoms. The molecule has 0 saturated carbocycles. The fourth-order valence-electron chi connectivity index (χ4n) is 1.98. The predicted molar refractivity (Wildman–Crippen MR) is 81.6 cm³/mol. The fourth-order valence-corrected chi connectivity index (χ4v) is 1.98. The largest absolute Gasteiger partial charge is 0.461 e. The van der Waals surface area contributed by atoms with Gasteiger partial charge in [-0.05, 0) is 19.5 Å². The summed E-state index contributed by atoms with van der Waals surface area (Å²) in [7, 11) is 1.82. The van der Waals surface area contributed by atoms with Gasteiger partial charge >= 0.3 is 5.97 Å². The van der Waals surface area contributed by atoms with Crippen molar-refractivity contribution < 1.29 is 14.3 Å². The molecule has 1 atom stereocenters. The van der Waals surface area contributed by atoms with Gasteiger partial charge in [0.15, 0.2) is 0 Å². The Morgan fingerprint density at radius 2 is 1.95 bits per heavy atom. The normalized spacial score (nSPS) is 12.0. The monoisotopic (exact) mass is 292 g/mol. The van der Waals surface area contributed by atoms with Crippen molar-refractivity contribution in [2.24, 2.45) is 5.92 Å². The van der Waals surface area contributed by atoms with Crippen LogP contribution >= 0.6 is 0 Å². The van der Waals surface area contributed by atoms with Crippen molar-refractivity contribution in [3.8, 4) is 0 Å². The highest BCUT2D eigenvalue weighted by Crippen LogP contribution is 2.06. The second kappa shape index (κ2) is 9.13. The summed E-state index contributed by atoms with van der Waals surface area (Å²) in [6, 6.07) is 9.57. The third kappa shape index (κ3) is 6.90. The van der Waals surface area contributed by atoms with E-state index < -0.39 is 0 Å². The number of ether oxygens (including phenoxy) is 1. The number of rotatable bonds is 8. The molecule has 1 unspecified atom stereocenters. The number of hydrogen-bond donors (Lipinski definition) is 1. The minimum atomic E-state index is -0.270. The van der Waals surface area contributed by atoms with Gasteiger partial charge in [-0.25, -0.2) is 0 Å². The Labute approximate surface area is 126 Å². The maximum Gasteiger partial charge on any atom is 0.310 e. The predicted octanol–water partition coefficient (Wildman–Crippen LogP) is 1.43. The first-order valence-electron chi connectivity index (χ1n) is 7.18. The molecule has 5 heteroatoms. The van der Waals surface area contributed by atoms with E-state index in [2.05, 4.69) is 5.32 Å². The molecule has 1 N–H and O–H groups in total. The second-order valence-corrected chi connectivity index (χ2v) is 5.14. The van der Waals surface area contributed by atoms with Crippen molar-refractivity contribution in [2.75, 3.05) is 26.7 Å². The van der Waals surface area contributed by atoms with E-state index in [4.69, 9.17) is 4.74 Å². The number of benzene rings is 1. The molecule has 0 radical (unpaired) electrons. The van der Waals surface area contributed by atoms with Crippen LogP contribution in [0.5, 0.6) is 0 Å². The van der Waals surface area contributed by atoms with Gasteiger partial charge in [0.1, 0.15) is 6.61 Å². The molecule has 0 aliphatic rings. The molecule has 1 aromatic rings. The number of amides is 1. The number of nitrogens with zero attached hydrogens (tertiary/aromatic N) is 1. The first kappa shape index (κ1) is 17.2. The average molecular weight is 292 g/mol. The number of carbonyl (C=O) groups is 2. The molecule has 0 aliphatic carbocycles. The summed E-state index contributed by atoms with van der Waals surface area (Å²) in [5, 5.41) is 2.73. The van der Waals surface area contributed by atoms with Crippen LogP contribution in [0.3, 0.4) is 0 Å². The van der Waals surface area contributed by atoms with Crippen LogP contribution in [-0.4, -0.2) is 43.5 Å². The summed E-state index contributed by atoms with van der Waals surface area (Å²) in [4.78, 5) is 25.2. The molecule has 1 aromatic carbocycles. The Bertz CT molecular complexity index is 448. The number of nitrogens with one attached hydrogen (secondary N) is 1. The Morgan fingerprint density at radius 3 is 2.57 bits per heavy atom. The lowest BCUT2D eigenvalue weighted by Crippen LogP contribution is -2.38. The number of esters is 1. The third-order valence-corrected chi connectivity index (χ3v) is 3.00. The number of hydrogen-bond acceptors (Lipinski definition) is 4. The first-order valence-corrected chi connectivity index (χ1v) is 7.18. The summed E-state index contributed by atoms with van der Waals surface area (Å²) in [5.41, 5.74) is 0.966. The van der Waals surface area contributed by atoms with Crippen LogP contribution in [0.25, 0.3) is 0 Å². The van der Waals surface area contributed by atoms with Crippen molar-refractivity contribution in [1.82, 2.24) is 10.2 Å². The van der Waals surface area contributed by atoms with E-state index >= 15 is 0 Å². The summed E-state index contributed by atoms with van der Waals surface area (Å²) in [5.74, 6) is -0.556. The van der Waals surface area contributed by atoms with Crippen LogP contribution in [-0.2, 0) is 20.9 Å². The van der Waals surface area contributed by atoms with Crippen molar-refractivity contribution in [1.29, 1.82) is 0 Å². The van der Waals surface area contributed by atoms with Gasteiger partial charge in [-0.3, -0.25) is 14.5 Å². The van der Waals surface area contributed by atoms with Gasteiger partial charge in [-0.1, -0.05) is 37.3 Å². The smallest absolute Gasteiger partial charge is 0.310 e. The minimum Gasteiger partial charge on any atom is -0.461 e. The maximum atomic E-state index is 11.9. The Morgan fingerprint density at radius 1 is 1.29 bits per heavy atom. The molecule has 1 amide bonds. The third-order valence-electron chi connectivity index (χ3n) is 3.00. The van der Waals surface area contributed by atoms with E-state index in [0.29, 0.717) is 13.1 Å². The lowest BCUT2D eigenvalue weighted by atomic mass is 10.1. The van der Waals surface area contributed by atoms with E-state index in [0.717, 1.165) is 5.56 Å². The molecule has 1 rings (SSSR count).